The quantitative estimate of drug-likeness (QED) is 0.451. The Labute approximate surface area is 184 Å². The molecule has 2 rings (SSSR count). The Morgan fingerprint density at radius 3 is 2.19 bits per heavy atom. The van der Waals surface area contributed by atoms with Gasteiger partial charge in [-0.3, -0.25) is 0 Å². The minimum absolute atomic E-state index is 0.0363. The van der Waals surface area contributed by atoms with Crippen molar-refractivity contribution in [3.05, 3.63) is 59.2 Å². The molecule has 8 nitrogen and oxygen atoms in total. The van der Waals surface area contributed by atoms with E-state index >= 15 is 0 Å². The van der Waals surface area contributed by atoms with E-state index in [0.29, 0.717) is 0 Å². The van der Waals surface area contributed by atoms with Crippen LogP contribution in [0.2, 0.25) is 0 Å². The Morgan fingerprint density at radius 2 is 1.66 bits per heavy atom. The summed E-state index contributed by atoms with van der Waals surface area (Å²) < 4.78 is 65.0. The Bertz CT molecular complexity index is 1110. The lowest BCUT2D eigenvalue weighted by molar-refractivity contribution is -0.138. The number of carbonyl (C=O) groups excluding carboxylic acids is 2. The third-order valence-electron chi connectivity index (χ3n) is 3.92. The zero-order valence-corrected chi connectivity index (χ0v) is 18.4. The van der Waals surface area contributed by atoms with E-state index in [4.69, 9.17) is 9.47 Å². The van der Waals surface area contributed by atoms with Crippen LogP contribution in [-0.2, 0) is 19.6 Å². The highest BCUT2D eigenvalue weighted by Crippen LogP contribution is 2.30. The Kier molecular flexibility index (Phi) is 8.30. The largest absolute Gasteiger partial charge is 0.463 e. The molecule has 0 aliphatic carbocycles. The standard InChI is InChI=1S/C21H22F2N2O6S/c1-4-24-21(27)25-32(28,29)16-8-6-15(7-9-16)31-19-17(22)11-14(12-18(19)23)10-13(3)20(26)30-5-2/h6-12H,4-5H2,1-3H3,(H2,24,25,27)/b13-10+. The summed E-state index contributed by atoms with van der Waals surface area (Å²) in [7, 11) is -4.13. The van der Waals surface area contributed by atoms with Crippen LogP contribution in [0.3, 0.4) is 0 Å². The molecule has 32 heavy (non-hydrogen) atoms. The maximum absolute atomic E-state index is 14.4. The summed E-state index contributed by atoms with van der Waals surface area (Å²) in [6, 6.07) is 5.68. The van der Waals surface area contributed by atoms with Gasteiger partial charge < -0.3 is 14.8 Å². The first-order chi connectivity index (χ1) is 15.1. The first kappa shape index (κ1) is 24.8. The predicted molar refractivity (Wildman–Crippen MR) is 113 cm³/mol. The minimum atomic E-state index is -4.13. The van der Waals surface area contributed by atoms with Gasteiger partial charge in [0.05, 0.1) is 11.5 Å². The number of carbonyl (C=O) groups is 2. The van der Waals surface area contributed by atoms with Gasteiger partial charge in [0.2, 0.25) is 0 Å². The van der Waals surface area contributed by atoms with Crippen LogP contribution in [-0.4, -0.2) is 33.6 Å². The fraction of sp³-hybridized carbons (Fsp3) is 0.238. The van der Waals surface area contributed by atoms with Crippen molar-refractivity contribution in [2.24, 2.45) is 0 Å². The van der Waals surface area contributed by atoms with Crippen LogP contribution in [0.15, 0.2) is 46.9 Å². The van der Waals surface area contributed by atoms with Crippen LogP contribution < -0.4 is 14.8 Å². The SMILES string of the molecule is CCNC(=O)NS(=O)(=O)c1ccc(Oc2c(F)cc(/C=C(\C)C(=O)OCC)cc2F)cc1. The van der Waals surface area contributed by atoms with Gasteiger partial charge in [-0.05, 0) is 68.8 Å². The molecule has 0 atom stereocenters. The number of amides is 2. The van der Waals surface area contributed by atoms with Crippen LogP contribution in [0.1, 0.15) is 26.3 Å². The molecule has 2 N–H and O–H groups in total. The smallest absolute Gasteiger partial charge is 0.333 e. The monoisotopic (exact) mass is 468 g/mol. The molecule has 0 radical (unpaired) electrons. The number of hydrogen-bond acceptors (Lipinski definition) is 6. The molecule has 0 saturated carbocycles. The summed E-state index contributed by atoms with van der Waals surface area (Å²) in [6.45, 7) is 5.12. The highest BCUT2D eigenvalue weighted by Gasteiger charge is 2.18. The predicted octanol–water partition coefficient (Wildman–Crippen LogP) is 3.73. The Balaban J connectivity index is 2.20. The van der Waals surface area contributed by atoms with Crippen molar-refractivity contribution >= 4 is 28.1 Å². The fourth-order valence-electron chi connectivity index (χ4n) is 2.50. The molecule has 0 fully saturated rings. The first-order valence-corrected chi connectivity index (χ1v) is 11.0. The molecule has 0 bridgehead atoms. The molecule has 0 aromatic heterocycles. The molecular formula is C21H22F2N2O6S. The van der Waals surface area contributed by atoms with Crippen molar-refractivity contribution in [1.29, 1.82) is 0 Å². The van der Waals surface area contributed by atoms with E-state index in [2.05, 4.69) is 5.32 Å². The van der Waals surface area contributed by atoms with Gasteiger partial charge in [0, 0.05) is 12.1 Å². The lowest BCUT2D eigenvalue weighted by atomic mass is 10.1. The van der Waals surface area contributed by atoms with E-state index in [9.17, 15) is 26.8 Å². The molecule has 0 aliphatic rings. The van der Waals surface area contributed by atoms with Crippen molar-refractivity contribution in [2.45, 2.75) is 25.7 Å². The molecule has 11 heteroatoms. The first-order valence-electron chi connectivity index (χ1n) is 9.50. The average Bonchev–Trinajstić information content (AvgIpc) is 2.71. The fourth-order valence-corrected chi connectivity index (χ4v) is 3.42. The van der Waals surface area contributed by atoms with Crippen molar-refractivity contribution < 1.29 is 36.3 Å². The van der Waals surface area contributed by atoms with Gasteiger partial charge in [-0.1, -0.05) is 0 Å². The summed E-state index contributed by atoms with van der Waals surface area (Å²) in [6.07, 6.45) is 1.27. The van der Waals surface area contributed by atoms with Crippen LogP contribution in [0.4, 0.5) is 13.6 Å². The summed E-state index contributed by atoms with van der Waals surface area (Å²) >= 11 is 0. The number of benzene rings is 2. The molecule has 0 heterocycles. The number of urea groups is 1. The number of nitrogens with one attached hydrogen (secondary N) is 2. The number of sulfonamides is 1. The highest BCUT2D eigenvalue weighted by molar-refractivity contribution is 7.90. The second kappa shape index (κ2) is 10.7. The van der Waals surface area contributed by atoms with Gasteiger partial charge in [-0.25, -0.2) is 31.5 Å². The second-order valence-corrected chi connectivity index (χ2v) is 8.08. The third kappa shape index (κ3) is 6.51. The second-order valence-electron chi connectivity index (χ2n) is 6.40. The van der Waals surface area contributed by atoms with Gasteiger partial charge in [-0.15, -0.1) is 0 Å². The van der Waals surface area contributed by atoms with E-state index in [-0.39, 0.29) is 34.9 Å². The zero-order chi connectivity index (χ0) is 23.9. The Morgan fingerprint density at radius 1 is 1.06 bits per heavy atom. The minimum Gasteiger partial charge on any atom is -0.463 e. The van der Waals surface area contributed by atoms with Crippen molar-refractivity contribution in [1.82, 2.24) is 10.0 Å². The number of hydrogen-bond donors (Lipinski definition) is 2. The van der Waals surface area contributed by atoms with E-state index in [0.717, 1.165) is 24.3 Å². The molecule has 172 valence electrons. The van der Waals surface area contributed by atoms with Crippen molar-refractivity contribution in [2.75, 3.05) is 13.2 Å². The van der Waals surface area contributed by atoms with Crippen LogP contribution in [0, 0.1) is 11.6 Å². The maximum Gasteiger partial charge on any atom is 0.333 e. The summed E-state index contributed by atoms with van der Waals surface area (Å²) in [4.78, 5) is 22.8. The lowest BCUT2D eigenvalue weighted by Gasteiger charge is -2.11. The topological polar surface area (TPSA) is 111 Å². The molecule has 2 aromatic carbocycles. The third-order valence-corrected chi connectivity index (χ3v) is 5.27. The number of halogens is 2. The normalized spacial score (nSPS) is 11.6. The summed E-state index contributed by atoms with van der Waals surface area (Å²) in [5.74, 6) is -3.40. The van der Waals surface area contributed by atoms with E-state index in [1.807, 2.05) is 4.72 Å². The maximum atomic E-state index is 14.4. The molecule has 2 aromatic rings. The summed E-state index contributed by atoms with van der Waals surface area (Å²) in [5, 5.41) is 2.29. The van der Waals surface area contributed by atoms with Crippen molar-refractivity contribution in [3.8, 4) is 11.5 Å². The number of ether oxygens (including phenoxy) is 2. The summed E-state index contributed by atoms with van der Waals surface area (Å²) in [5.41, 5.74) is 0.258. The van der Waals surface area contributed by atoms with Crippen LogP contribution >= 0.6 is 0 Å². The van der Waals surface area contributed by atoms with E-state index < -0.39 is 39.4 Å². The van der Waals surface area contributed by atoms with Gasteiger partial charge in [0.25, 0.3) is 10.0 Å². The molecule has 0 unspecified atom stereocenters. The van der Waals surface area contributed by atoms with Crippen molar-refractivity contribution in [3.63, 3.8) is 0 Å². The molecule has 0 aliphatic heterocycles. The van der Waals surface area contributed by atoms with Gasteiger partial charge in [0.15, 0.2) is 17.4 Å². The van der Waals surface area contributed by atoms with Gasteiger partial charge >= 0.3 is 12.0 Å². The van der Waals surface area contributed by atoms with Gasteiger partial charge in [0.1, 0.15) is 5.75 Å². The Hall–Kier alpha value is -3.47. The zero-order valence-electron chi connectivity index (χ0n) is 17.6. The highest BCUT2D eigenvalue weighted by atomic mass is 32.2. The number of rotatable bonds is 8. The molecule has 0 spiro atoms. The molecular weight excluding hydrogens is 446 g/mol. The molecule has 0 saturated heterocycles. The van der Waals surface area contributed by atoms with E-state index in [1.165, 1.54) is 25.1 Å². The lowest BCUT2D eigenvalue weighted by Crippen LogP contribution is -2.39. The van der Waals surface area contributed by atoms with Crippen LogP contribution in [0.25, 0.3) is 6.08 Å². The van der Waals surface area contributed by atoms with E-state index in [1.54, 1.807) is 13.8 Å². The average molecular weight is 468 g/mol. The van der Waals surface area contributed by atoms with Gasteiger partial charge in [-0.2, -0.15) is 0 Å². The molecule has 2 amide bonds. The number of esters is 1. The van der Waals surface area contributed by atoms with Crippen LogP contribution in [0.5, 0.6) is 11.5 Å².